The molecule has 0 saturated carbocycles. The highest BCUT2D eigenvalue weighted by Gasteiger charge is 2.09. The van der Waals surface area contributed by atoms with Crippen molar-refractivity contribution in [2.24, 2.45) is 0 Å². The molecule has 0 fully saturated rings. The lowest BCUT2D eigenvalue weighted by atomic mass is 10.2. The fourth-order valence-electron chi connectivity index (χ4n) is 2.14. The van der Waals surface area contributed by atoms with Crippen molar-refractivity contribution in [3.63, 3.8) is 0 Å². The topological polar surface area (TPSA) is 66.9 Å². The summed E-state index contributed by atoms with van der Waals surface area (Å²) in [5, 5.41) is 5.98. The maximum absolute atomic E-state index is 12.3. The van der Waals surface area contributed by atoms with E-state index in [9.17, 15) is 4.79 Å². The summed E-state index contributed by atoms with van der Waals surface area (Å²) in [5.74, 6) is 0.281. The molecule has 24 heavy (non-hydrogen) atoms. The van der Waals surface area contributed by atoms with Crippen LogP contribution in [0.3, 0.4) is 0 Å². The first-order valence-corrected chi connectivity index (χ1v) is 8.13. The van der Waals surface area contributed by atoms with E-state index in [0.717, 1.165) is 21.4 Å². The van der Waals surface area contributed by atoms with E-state index in [4.69, 9.17) is 0 Å². The van der Waals surface area contributed by atoms with Gasteiger partial charge in [0.15, 0.2) is 0 Å². The van der Waals surface area contributed by atoms with Gasteiger partial charge in [-0.1, -0.05) is 34.1 Å². The molecule has 3 rings (SSSR count). The minimum absolute atomic E-state index is 0.279. The Morgan fingerprint density at radius 3 is 2.54 bits per heavy atom. The highest BCUT2D eigenvalue weighted by Crippen LogP contribution is 2.22. The van der Waals surface area contributed by atoms with Crippen LogP contribution in [0.4, 0.5) is 17.2 Å². The van der Waals surface area contributed by atoms with Crippen LogP contribution in [0.15, 0.2) is 65.4 Å². The highest BCUT2D eigenvalue weighted by atomic mass is 79.9. The van der Waals surface area contributed by atoms with Crippen LogP contribution in [0, 0.1) is 6.92 Å². The average molecular weight is 383 g/mol. The Hall–Kier alpha value is -2.73. The zero-order valence-electron chi connectivity index (χ0n) is 13.0. The third kappa shape index (κ3) is 3.97. The largest absolute Gasteiger partial charge is 0.340 e. The molecule has 0 radical (unpaired) electrons. The predicted octanol–water partition coefficient (Wildman–Crippen LogP) is 4.54. The Labute approximate surface area is 148 Å². The molecular formula is C18H15BrN4O. The number of aryl methyl sites for hydroxylation is 1. The van der Waals surface area contributed by atoms with E-state index in [1.807, 2.05) is 55.5 Å². The van der Waals surface area contributed by atoms with Gasteiger partial charge in [0.1, 0.15) is 17.8 Å². The quantitative estimate of drug-likeness (QED) is 0.694. The van der Waals surface area contributed by atoms with E-state index < -0.39 is 0 Å². The van der Waals surface area contributed by atoms with Crippen LogP contribution in [0.5, 0.6) is 0 Å². The Morgan fingerprint density at radius 1 is 1.00 bits per heavy atom. The number of nitrogens with one attached hydrogen (secondary N) is 2. The van der Waals surface area contributed by atoms with E-state index in [-0.39, 0.29) is 5.91 Å². The van der Waals surface area contributed by atoms with Crippen molar-refractivity contribution in [1.29, 1.82) is 0 Å². The van der Waals surface area contributed by atoms with E-state index in [1.54, 1.807) is 6.07 Å². The first-order valence-electron chi connectivity index (χ1n) is 7.33. The Kier molecular flexibility index (Phi) is 4.86. The molecule has 1 heterocycles. The van der Waals surface area contributed by atoms with Crippen LogP contribution in [-0.2, 0) is 0 Å². The molecule has 1 aromatic heterocycles. The van der Waals surface area contributed by atoms with Gasteiger partial charge >= 0.3 is 0 Å². The molecule has 0 unspecified atom stereocenters. The smallest absolute Gasteiger partial charge is 0.274 e. The second-order valence-electron chi connectivity index (χ2n) is 5.20. The summed E-state index contributed by atoms with van der Waals surface area (Å²) in [6, 6.07) is 16.8. The van der Waals surface area contributed by atoms with Crippen LogP contribution in [0.1, 0.15) is 16.1 Å². The van der Waals surface area contributed by atoms with Crippen LogP contribution in [-0.4, -0.2) is 15.9 Å². The maximum Gasteiger partial charge on any atom is 0.274 e. The molecule has 0 atom stereocenters. The van der Waals surface area contributed by atoms with Gasteiger partial charge in [0.05, 0.1) is 0 Å². The number of hydrogen-bond acceptors (Lipinski definition) is 4. The van der Waals surface area contributed by atoms with Crippen LogP contribution < -0.4 is 10.6 Å². The van der Waals surface area contributed by atoms with Gasteiger partial charge < -0.3 is 10.6 Å². The molecule has 6 heteroatoms. The van der Waals surface area contributed by atoms with E-state index in [2.05, 4.69) is 36.5 Å². The Balaban J connectivity index is 1.76. The Bertz CT molecular complexity index is 868. The summed E-state index contributed by atoms with van der Waals surface area (Å²) in [7, 11) is 0. The van der Waals surface area contributed by atoms with Crippen LogP contribution in [0.2, 0.25) is 0 Å². The second-order valence-corrected chi connectivity index (χ2v) is 6.05. The minimum Gasteiger partial charge on any atom is -0.340 e. The SMILES string of the molecule is Cc1cc(Nc2cc(C(=O)Nc3ccccc3)ncn2)ccc1Br. The highest BCUT2D eigenvalue weighted by molar-refractivity contribution is 9.10. The summed E-state index contributed by atoms with van der Waals surface area (Å²) >= 11 is 3.47. The average Bonchev–Trinajstić information content (AvgIpc) is 2.59. The fraction of sp³-hybridized carbons (Fsp3) is 0.0556. The fourth-order valence-corrected chi connectivity index (χ4v) is 2.38. The molecule has 0 spiro atoms. The van der Waals surface area contributed by atoms with Crippen molar-refractivity contribution >= 4 is 39.0 Å². The number of rotatable bonds is 4. The summed E-state index contributed by atoms with van der Waals surface area (Å²) < 4.78 is 1.04. The summed E-state index contributed by atoms with van der Waals surface area (Å²) in [6.45, 7) is 2.01. The molecule has 0 aliphatic heterocycles. The molecule has 5 nitrogen and oxygen atoms in total. The van der Waals surface area contributed by atoms with Crippen molar-refractivity contribution < 1.29 is 4.79 Å². The number of carbonyl (C=O) groups is 1. The lowest BCUT2D eigenvalue weighted by Crippen LogP contribution is -2.14. The second kappa shape index (κ2) is 7.23. The molecule has 0 aliphatic rings. The first-order chi connectivity index (χ1) is 11.6. The number of carbonyl (C=O) groups excluding carboxylic acids is 1. The number of para-hydroxylation sites is 1. The molecule has 1 amide bonds. The maximum atomic E-state index is 12.3. The molecule has 2 aromatic carbocycles. The van der Waals surface area contributed by atoms with Gasteiger partial charge in [-0.3, -0.25) is 4.79 Å². The number of anilines is 3. The zero-order chi connectivity index (χ0) is 16.9. The number of nitrogens with zero attached hydrogens (tertiary/aromatic N) is 2. The van der Waals surface area contributed by atoms with E-state index in [0.29, 0.717) is 11.5 Å². The van der Waals surface area contributed by atoms with Gasteiger partial charge in [-0.2, -0.15) is 0 Å². The van der Waals surface area contributed by atoms with Crippen molar-refractivity contribution in [3.05, 3.63) is 76.7 Å². The number of amides is 1. The third-order valence-corrected chi connectivity index (χ3v) is 4.25. The molecule has 120 valence electrons. The van der Waals surface area contributed by atoms with Crippen LogP contribution >= 0.6 is 15.9 Å². The monoisotopic (exact) mass is 382 g/mol. The van der Waals surface area contributed by atoms with Crippen molar-refractivity contribution in [3.8, 4) is 0 Å². The molecule has 3 aromatic rings. The van der Waals surface area contributed by atoms with Gasteiger partial charge in [-0.05, 0) is 42.8 Å². The molecule has 2 N–H and O–H groups in total. The van der Waals surface area contributed by atoms with Gasteiger partial charge in [0.2, 0.25) is 0 Å². The molecular weight excluding hydrogens is 368 g/mol. The standard InChI is InChI=1S/C18H15BrN4O/c1-12-9-14(7-8-15(12)19)22-17-10-16(20-11-21-17)18(24)23-13-5-3-2-4-6-13/h2-11H,1H3,(H,23,24)(H,20,21,22). The summed E-state index contributed by atoms with van der Waals surface area (Å²) in [4.78, 5) is 20.5. The molecule has 0 aliphatic carbocycles. The Morgan fingerprint density at radius 2 is 1.79 bits per heavy atom. The van der Waals surface area contributed by atoms with Gasteiger partial charge in [0.25, 0.3) is 5.91 Å². The van der Waals surface area contributed by atoms with Gasteiger partial charge in [-0.15, -0.1) is 0 Å². The number of hydrogen-bond donors (Lipinski definition) is 2. The van der Waals surface area contributed by atoms with Crippen LogP contribution in [0.25, 0.3) is 0 Å². The number of halogens is 1. The van der Waals surface area contributed by atoms with Crippen molar-refractivity contribution in [1.82, 2.24) is 9.97 Å². The van der Waals surface area contributed by atoms with E-state index >= 15 is 0 Å². The van der Waals surface area contributed by atoms with Gasteiger partial charge in [-0.25, -0.2) is 9.97 Å². The lowest BCUT2D eigenvalue weighted by molar-refractivity contribution is 0.102. The lowest BCUT2D eigenvalue weighted by Gasteiger charge is -2.09. The zero-order valence-corrected chi connectivity index (χ0v) is 14.5. The normalized spacial score (nSPS) is 10.2. The van der Waals surface area contributed by atoms with Gasteiger partial charge in [0, 0.05) is 21.9 Å². The molecule has 0 bridgehead atoms. The minimum atomic E-state index is -0.279. The first kappa shape index (κ1) is 16.1. The summed E-state index contributed by atoms with van der Waals surface area (Å²) in [5.41, 5.74) is 3.02. The molecule has 0 saturated heterocycles. The number of aromatic nitrogens is 2. The third-order valence-electron chi connectivity index (χ3n) is 3.36. The van der Waals surface area contributed by atoms with E-state index in [1.165, 1.54) is 6.33 Å². The number of benzene rings is 2. The van der Waals surface area contributed by atoms with Crippen molar-refractivity contribution in [2.75, 3.05) is 10.6 Å². The predicted molar refractivity (Wildman–Crippen MR) is 98.6 cm³/mol. The summed E-state index contributed by atoms with van der Waals surface area (Å²) in [6.07, 6.45) is 1.37. The van der Waals surface area contributed by atoms with Crippen molar-refractivity contribution in [2.45, 2.75) is 6.92 Å².